The first-order valence-corrected chi connectivity index (χ1v) is 24.1. The maximum absolute atomic E-state index is 15.4. The van der Waals surface area contributed by atoms with Crippen LogP contribution in [0.15, 0.2) is 103 Å². The van der Waals surface area contributed by atoms with E-state index in [1.54, 1.807) is 66.7 Å². The van der Waals surface area contributed by atoms with E-state index < -0.39 is 170 Å². The average molecular weight is 1190 g/mol. The van der Waals surface area contributed by atoms with E-state index in [0.29, 0.717) is 21.5 Å². The van der Waals surface area contributed by atoms with Crippen molar-refractivity contribution >= 4 is 74.9 Å². The molecule has 3 N–H and O–H groups in total. The predicted octanol–water partition coefficient (Wildman–Crippen LogP) is 9.80. The molecule has 29 heteroatoms. The Morgan fingerprint density at radius 3 is 0.720 bits per heavy atom. The fourth-order valence-electron chi connectivity index (χ4n) is 9.16. The molecule has 82 heavy (non-hydrogen) atoms. The van der Waals surface area contributed by atoms with E-state index in [1.807, 2.05) is 0 Å². The molecule has 0 aliphatic rings. The molecule has 0 heterocycles. The molecule has 0 spiro atoms. The normalized spacial score (nSPS) is 11.6. The van der Waals surface area contributed by atoms with Gasteiger partial charge in [0.2, 0.25) is 5.78 Å². The molecule has 0 saturated carbocycles. The Bertz CT molecular complexity index is 3480. The third-order valence-corrected chi connectivity index (χ3v) is 17.0. The summed E-state index contributed by atoms with van der Waals surface area (Å²) in [5.41, 5.74) is -13.9. The van der Waals surface area contributed by atoms with Crippen LogP contribution in [0.1, 0.15) is 41.4 Å². The molecule has 8 rings (SSSR count). The molecule has 0 atom stereocenters. The van der Waals surface area contributed by atoms with Gasteiger partial charge in [0.1, 0.15) is 82.0 Å². The van der Waals surface area contributed by atoms with E-state index >= 15 is 35.1 Å². The topological polar surface area (TPSA) is 129 Å². The van der Waals surface area contributed by atoms with Crippen molar-refractivity contribution in [3.8, 4) is 0 Å². The summed E-state index contributed by atoms with van der Waals surface area (Å²) >= 11 is 0. The van der Waals surface area contributed by atoms with E-state index in [9.17, 15) is 87.2 Å². The molecule has 0 aliphatic carbocycles. The Labute approximate surface area is 444 Å². The minimum Gasteiger partial charge on any atom is -0.478 e. The van der Waals surface area contributed by atoms with Crippen LogP contribution in [0, 0.1) is 116 Å². The predicted molar refractivity (Wildman–Crippen MR) is 251 cm³/mol. The molecule has 0 amide bonds. The first-order chi connectivity index (χ1) is 38.4. The van der Waals surface area contributed by atoms with Crippen molar-refractivity contribution in [1.82, 2.24) is 0 Å². The third kappa shape index (κ3) is 9.82. The number of carboxylic acid groups (broad SMARTS) is 3. The highest BCUT2D eigenvalue weighted by Crippen LogP contribution is 2.56. The van der Waals surface area contributed by atoms with Gasteiger partial charge in [-0.1, -0.05) is 48.5 Å². The second kappa shape index (κ2) is 22.8. The molecular formula is C53H22BF20O7P. The van der Waals surface area contributed by atoms with Crippen molar-refractivity contribution in [3.05, 3.63) is 242 Å². The molecule has 0 fully saturated rings. The van der Waals surface area contributed by atoms with Crippen molar-refractivity contribution in [3.63, 3.8) is 0 Å². The summed E-state index contributed by atoms with van der Waals surface area (Å²) in [6.45, 7) is 0. The molecular weight excluding hydrogens is 1170 g/mol. The highest BCUT2D eigenvalue weighted by molar-refractivity contribution is 7.96. The number of carbonyl (C=O) groups excluding carboxylic acids is 1. The van der Waals surface area contributed by atoms with Crippen LogP contribution >= 0.6 is 7.26 Å². The lowest BCUT2D eigenvalue weighted by Gasteiger charge is -2.44. The summed E-state index contributed by atoms with van der Waals surface area (Å²) in [6.07, 6.45) is -7.32. The third-order valence-electron chi connectivity index (χ3n) is 12.8. The lowest BCUT2D eigenvalue weighted by molar-refractivity contribution is 0.0686. The number of halogens is 20. The summed E-state index contributed by atoms with van der Waals surface area (Å²) < 4.78 is 294. The minimum absolute atomic E-state index is 0.00202. The van der Waals surface area contributed by atoms with Crippen molar-refractivity contribution in [2.75, 3.05) is 6.16 Å². The zero-order chi connectivity index (χ0) is 60.9. The van der Waals surface area contributed by atoms with Crippen LogP contribution in [0.5, 0.6) is 0 Å². The van der Waals surface area contributed by atoms with Crippen molar-refractivity contribution in [1.29, 1.82) is 0 Å². The standard InChI is InChI=1S/C29H21O7P.C24BF20/c30-26(19-7-2-1-3-8-19)18-37(23-12-4-9-20(15-23)27(31)32,24-13-5-10-21(16-24)28(33)34)25-14-6-11-22(17-25)29(35)36;26-5-1(6(27)14(35)21(42)13(5)34)25(2-7(28)15(36)22(43)16(37)8(2)29,3-9(30)17(38)23(44)18(39)10(3)31)4-11(32)19(40)24(45)20(41)12(4)33/h1-17H,18H2,(H2-,31,32,33,34,35,36);/q;-1/p+1. The van der Waals surface area contributed by atoms with Crippen LogP contribution in [-0.4, -0.2) is 51.3 Å². The maximum Gasteiger partial charge on any atom is 0.335 e. The Kier molecular flexibility index (Phi) is 16.9. The summed E-state index contributed by atoms with van der Waals surface area (Å²) in [4.78, 5) is 49.3. The Balaban J connectivity index is 0.000000240. The van der Waals surface area contributed by atoms with Crippen molar-refractivity contribution < 1.29 is 122 Å². The van der Waals surface area contributed by atoms with Crippen LogP contribution < -0.4 is 37.8 Å². The number of benzene rings is 8. The van der Waals surface area contributed by atoms with Gasteiger partial charge in [0.15, 0.2) is 69.8 Å². The van der Waals surface area contributed by atoms with Gasteiger partial charge in [0.05, 0.1) is 16.7 Å². The van der Waals surface area contributed by atoms with Gasteiger partial charge in [-0.15, -0.1) is 21.9 Å². The Morgan fingerprint density at radius 1 is 0.293 bits per heavy atom. The average Bonchev–Trinajstić information content (AvgIpc) is 1.41. The minimum atomic E-state index is -7.22. The largest absolute Gasteiger partial charge is 0.478 e. The van der Waals surface area contributed by atoms with E-state index in [0.717, 1.165) is 0 Å². The second-order valence-electron chi connectivity index (χ2n) is 17.1. The van der Waals surface area contributed by atoms with Gasteiger partial charge in [0, 0.05) is 5.56 Å². The molecule has 424 valence electrons. The van der Waals surface area contributed by atoms with Gasteiger partial charge < -0.3 is 15.3 Å². The summed E-state index contributed by atoms with van der Waals surface area (Å²) in [7, 11) is -3.11. The van der Waals surface area contributed by atoms with Crippen LogP contribution in [0.4, 0.5) is 87.8 Å². The number of ketones is 1. The number of Topliss-reactive ketones (excluding diaryl/α,β-unsaturated/α-hetero) is 1. The van der Waals surface area contributed by atoms with Crippen molar-refractivity contribution in [2.24, 2.45) is 0 Å². The fourth-order valence-corrected chi connectivity index (χ4v) is 13.3. The molecule has 0 saturated heterocycles. The van der Waals surface area contributed by atoms with E-state index in [4.69, 9.17) is 0 Å². The van der Waals surface area contributed by atoms with E-state index in [-0.39, 0.29) is 28.6 Å². The number of hydrogen-bond acceptors (Lipinski definition) is 4. The van der Waals surface area contributed by atoms with Crippen LogP contribution in [-0.2, 0) is 0 Å². The molecule has 0 radical (unpaired) electrons. The number of rotatable bonds is 13. The zero-order valence-electron chi connectivity index (χ0n) is 39.6. The van der Waals surface area contributed by atoms with Crippen LogP contribution in [0.3, 0.4) is 0 Å². The first-order valence-electron chi connectivity index (χ1n) is 22.1. The highest BCUT2D eigenvalue weighted by atomic mass is 31.2. The number of aromatic carboxylic acids is 3. The Hall–Kier alpha value is -9.07. The highest BCUT2D eigenvalue weighted by Gasteiger charge is 2.53. The van der Waals surface area contributed by atoms with Gasteiger partial charge in [-0.2, -0.15) is 0 Å². The summed E-state index contributed by atoms with van der Waals surface area (Å²) in [6, 6.07) is 27.2. The molecule has 0 aromatic heterocycles. The second-order valence-corrected chi connectivity index (χ2v) is 20.6. The zero-order valence-corrected chi connectivity index (χ0v) is 40.5. The van der Waals surface area contributed by atoms with Crippen LogP contribution in [0.2, 0.25) is 0 Å². The van der Waals surface area contributed by atoms with Crippen LogP contribution in [0.25, 0.3) is 0 Å². The number of hydrogen-bond donors (Lipinski definition) is 3. The smallest absolute Gasteiger partial charge is 0.335 e. The first kappa shape index (κ1) is 60.6. The molecule has 8 aromatic carbocycles. The van der Waals surface area contributed by atoms with Gasteiger partial charge in [0.25, 0.3) is 0 Å². The lowest BCUT2D eigenvalue weighted by Crippen LogP contribution is -2.81. The maximum atomic E-state index is 15.4. The molecule has 7 nitrogen and oxygen atoms in total. The summed E-state index contributed by atoms with van der Waals surface area (Å²) in [5, 5.41) is 30.6. The van der Waals surface area contributed by atoms with E-state index in [1.165, 1.54) is 36.4 Å². The Morgan fingerprint density at radius 2 is 0.500 bits per heavy atom. The number of carbonyl (C=O) groups is 4. The lowest BCUT2D eigenvalue weighted by atomic mass is 9.12. The molecule has 8 aromatic rings. The van der Waals surface area contributed by atoms with Gasteiger partial charge in [-0.25, -0.2) is 102 Å². The molecule has 0 bridgehead atoms. The van der Waals surface area contributed by atoms with Gasteiger partial charge >= 0.3 is 17.9 Å². The quantitative estimate of drug-likeness (QED) is 0.0262. The monoisotopic (exact) mass is 1190 g/mol. The van der Waals surface area contributed by atoms with Crippen molar-refractivity contribution in [2.45, 2.75) is 0 Å². The van der Waals surface area contributed by atoms with Gasteiger partial charge in [-0.3, -0.25) is 4.79 Å². The molecule has 0 aliphatic heterocycles. The van der Waals surface area contributed by atoms with E-state index in [2.05, 4.69) is 0 Å². The summed E-state index contributed by atoms with van der Waals surface area (Å²) in [5.74, 6) is -75.1. The number of carboxylic acids is 3. The van der Waals surface area contributed by atoms with Gasteiger partial charge in [-0.05, 0) is 54.6 Å². The SMILES string of the molecule is Fc1c(F)c(F)c([B-](c2c(F)c(F)c(F)c(F)c2F)(c2c(F)c(F)c(F)c(F)c2F)c2c(F)c(F)c(F)c(F)c2F)c(F)c1F.O=C(O)c1cccc([P+](CC(=O)c2ccccc2)(c2cccc(C(=O)O)c2)c2cccc(C(=O)O)c2)c1. The molecule has 0 unspecified atom stereocenters. The fraction of sp³-hybridized carbons (Fsp3) is 0.0189.